The maximum atomic E-state index is 9.06. The lowest BCUT2D eigenvalue weighted by molar-refractivity contribution is -0.109. The summed E-state index contributed by atoms with van der Waals surface area (Å²) in [7, 11) is 1.56. The second-order valence-corrected chi connectivity index (χ2v) is 0.407. The van der Waals surface area contributed by atoms with Crippen molar-refractivity contribution in [2.75, 3.05) is 7.05 Å². The van der Waals surface area contributed by atoms with Crippen LogP contribution in [0.2, 0.25) is 0 Å². The zero-order valence-corrected chi connectivity index (χ0v) is 3.64. The van der Waals surface area contributed by atoms with Gasteiger partial charge in [-0.3, -0.25) is 4.79 Å². The Morgan fingerprint density at radius 1 is 1.67 bits per heavy atom. The van der Waals surface area contributed by atoms with Gasteiger partial charge >= 0.3 is 0 Å². The number of hydrogen-bond donors (Lipinski definition) is 1. The summed E-state index contributed by atoms with van der Waals surface area (Å²) >= 11 is 0. The lowest BCUT2D eigenvalue weighted by Crippen LogP contribution is -1.98. The van der Waals surface area contributed by atoms with E-state index in [1.165, 1.54) is 0 Å². The van der Waals surface area contributed by atoms with Crippen molar-refractivity contribution in [1.82, 2.24) is 5.32 Å². The summed E-state index contributed by atoms with van der Waals surface area (Å²) in [5, 5.41) is 2.25. The van der Waals surface area contributed by atoms with E-state index in [2.05, 4.69) is 18.2 Å². The van der Waals surface area contributed by atoms with E-state index in [0.29, 0.717) is 6.41 Å². The summed E-state index contributed by atoms with van der Waals surface area (Å²) in [5.41, 5.74) is 0. The number of rotatable bonds is 1. The average molecular weight is 85.1 g/mol. The Balaban J connectivity index is 0. The van der Waals surface area contributed by atoms with Crippen LogP contribution in [0.4, 0.5) is 0 Å². The standard InChI is InChI=1S/C2H5NO.C2H2/c1-3-2-4;1-2/h2H,1H3,(H,3,4);1-2H. The highest BCUT2D eigenvalue weighted by molar-refractivity contribution is 5.44. The van der Waals surface area contributed by atoms with Gasteiger partial charge in [-0.25, -0.2) is 0 Å². The first-order valence-electron chi connectivity index (χ1n) is 1.36. The van der Waals surface area contributed by atoms with Crippen molar-refractivity contribution in [3.63, 3.8) is 0 Å². The van der Waals surface area contributed by atoms with Crippen molar-refractivity contribution in [3.05, 3.63) is 0 Å². The molecular weight excluding hydrogens is 78.0 g/mol. The number of carbonyl (C=O) groups excluding carboxylic acids is 1. The van der Waals surface area contributed by atoms with Gasteiger partial charge in [0.15, 0.2) is 0 Å². The van der Waals surface area contributed by atoms with E-state index >= 15 is 0 Å². The number of amides is 1. The van der Waals surface area contributed by atoms with Crippen LogP contribution < -0.4 is 5.32 Å². The van der Waals surface area contributed by atoms with Gasteiger partial charge in [0, 0.05) is 7.05 Å². The van der Waals surface area contributed by atoms with E-state index in [-0.39, 0.29) is 0 Å². The first kappa shape index (κ1) is 8.90. The molecule has 0 aliphatic rings. The fraction of sp³-hybridized carbons (Fsp3) is 0.250. The van der Waals surface area contributed by atoms with Crippen LogP contribution in [0.25, 0.3) is 0 Å². The molecule has 0 heterocycles. The van der Waals surface area contributed by atoms with Crippen LogP contribution in [0.15, 0.2) is 0 Å². The molecule has 0 aliphatic heterocycles. The highest BCUT2D eigenvalue weighted by atomic mass is 16.1. The van der Waals surface area contributed by atoms with Crippen molar-refractivity contribution in [2.24, 2.45) is 0 Å². The smallest absolute Gasteiger partial charge is 0.206 e. The van der Waals surface area contributed by atoms with Gasteiger partial charge in [-0.2, -0.15) is 0 Å². The van der Waals surface area contributed by atoms with Crippen LogP contribution in [0.3, 0.4) is 0 Å². The number of carbonyl (C=O) groups is 1. The van der Waals surface area contributed by atoms with Crippen LogP contribution in [0, 0.1) is 12.8 Å². The summed E-state index contributed by atoms with van der Waals surface area (Å²) in [6.45, 7) is 0. The Kier molecular flexibility index (Phi) is 51.7. The Morgan fingerprint density at radius 2 is 1.83 bits per heavy atom. The summed E-state index contributed by atoms with van der Waals surface area (Å²) in [5.74, 6) is 0. The molecule has 0 aromatic rings. The molecule has 0 unspecified atom stereocenters. The summed E-state index contributed by atoms with van der Waals surface area (Å²) in [6, 6.07) is 0. The Morgan fingerprint density at radius 3 is 1.83 bits per heavy atom. The van der Waals surface area contributed by atoms with Crippen molar-refractivity contribution in [1.29, 1.82) is 0 Å². The summed E-state index contributed by atoms with van der Waals surface area (Å²) in [6.07, 6.45) is 8.62. The largest absolute Gasteiger partial charge is 0.362 e. The second kappa shape index (κ2) is 34.9. The topological polar surface area (TPSA) is 29.1 Å². The molecule has 0 atom stereocenters. The fourth-order valence-corrected chi connectivity index (χ4v) is 0. The minimum Gasteiger partial charge on any atom is -0.362 e. The number of nitrogens with one attached hydrogen (secondary N) is 1. The van der Waals surface area contributed by atoms with E-state index in [1.54, 1.807) is 7.05 Å². The average Bonchev–Trinajstić information content (AvgIpc) is 1.72. The Hall–Kier alpha value is -0.970. The van der Waals surface area contributed by atoms with Gasteiger partial charge in [0.1, 0.15) is 0 Å². The minimum absolute atomic E-state index is 0.625. The molecule has 0 saturated heterocycles. The molecule has 0 bridgehead atoms. The molecule has 1 N–H and O–H groups in total. The second-order valence-electron chi connectivity index (χ2n) is 0.407. The van der Waals surface area contributed by atoms with Crippen LogP contribution in [-0.2, 0) is 4.79 Å². The third-order valence-corrected chi connectivity index (χ3v) is 0.118. The molecule has 0 rings (SSSR count). The van der Waals surface area contributed by atoms with E-state index < -0.39 is 0 Å². The van der Waals surface area contributed by atoms with E-state index in [9.17, 15) is 0 Å². The molecule has 0 radical (unpaired) electrons. The third kappa shape index (κ3) is 13900. The lowest BCUT2D eigenvalue weighted by Gasteiger charge is -1.64. The molecule has 0 aromatic carbocycles. The Labute approximate surface area is 37.6 Å². The highest BCUT2D eigenvalue weighted by Crippen LogP contribution is 1.09. The van der Waals surface area contributed by atoms with Crippen molar-refractivity contribution >= 4 is 6.41 Å². The van der Waals surface area contributed by atoms with E-state index in [1.807, 2.05) is 0 Å². The SMILES string of the molecule is C#C.CNC=O. The van der Waals surface area contributed by atoms with Crippen LogP contribution in [0.5, 0.6) is 0 Å². The zero-order chi connectivity index (χ0) is 5.41. The van der Waals surface area contributed by atoms with Crippen LogP contribution in [-0.4, -0.2) is 13.5 Å². The lowest BCUT2D eigenvalue weighted by atomic mass is 11.2. The molecule has 2 nitrogen and oxygen atoms in total. The van der Waals surface area contributed by atoms with Gasteiger partial charge in [0.05, 0.1) is 0 Å². The predicted octanol–water partition coefficient (Wildman–Crippen LogP) is -0.388. The summed E-state index contributed by atoms with van der Waals surface area (Å²) < 4.78 is 0. The molecule has 0 saturated carbocycles. The van der Waals surface area contributed by atoms with Gasteiger partial charge in [0.2, 0.25) is 6.41 Å². The molecule has 2 heteroatoms. The Bertz CT molecular complexity index is 40.1. The fourth-order valence-electron chi connectivity index (χ4n) is 0. The normalized spacial score (nSPS) is 3.83. The third-order valence-electron chi connectivity index (χ3n) is 0.118. The maximum Gasteiger partial charge on any atom is 0.206 e. The van der Waals surface area contributed by atoms with Gasteiger partial charge in [-0.1, -0.05) is 0 Å². The van der Waals surface area contributed by atoms with Gasteiger partial charge in [-0.15, -0.1) is 12.8 Å². The molecule has 0 aromatic heterocycles. The minimum atomic E-state index is 0.625. The maximum absolute atomic E-state index is 9.06. The van der Waals surface area contributed by atoms with Crippen molar-refractivity contribution in [2.45, 2.75) is 0 Å². The monoisotopic (exact) mass is 85.1 g/mol. The number of hydrogen-bond acceptors (Lipinski definition) is 1. The molecule has 0 spiro atoms. The van der Waals surface area contributed by atoms with E-state index in [0.717, 1.165) is 0 Å². The number of terminal acetylenes is 1. The first-order chi connectivity index (χ1) is 2.91. The zero-order valence-electron chi connectivity index (χ0n) is 3.64. The van der Waals surface area contributed by atoms with Gasteiger partial charge < -0.3 is 5.32 Å². The first-order valence-corrected chi connectivity index (χ1v) is 1.36. The van der Waals surface area contributed by atoms with Crippen LogP contribution in [0.1, 0.15) is 0 Å². The van der Waals surface area contributed by atoms with E-state index in [4.69, 9.17) is 4.79 Å². The molecule has 34 valence electrons. The highest BCUT2D eigenvalue weighted by Gasteiger charge is 1.43. The van der Waals surface area contributed by atoms with Gasteiger partial charge in [0.25, 0.3) is 0 Å². The molecule has 0 aliphatic carbocycles. The predicted molar refractivity (Wildman–Crippen MR) is 25.0 cm³/mol. The van der Waals surface area contributed by atoms with Crippen molar-refractivity contribution in [3.8, 4) is 12.8 Å². The molecule has 0 fully saturated rings. The molecule has 1 amide bonds. The summed E-state index contributed by atoms with van der Waals surface area (Å²) in [4.78, 5) is 9.06. The quantitative estimate of drug-likeness (QED) is 0.341. The molecular formula is C4H7NO. The van der Waals surface area contributed by atoms with Crippen LogP contribution >= 0.6 is 0 Å². The van der Waals surface area contributed by atoms with Gasteiger partial charge in [-0.05, 0) is 0 Å². The van der Waals surface area contributed by atoms with Crippen molar-refractivity contribution < 1.29 is 4.79 Å². The molecule has 6 heavy (non-hydrogen) atoms.